The number of benzene rings is 3. The van der Waals surface area contributed by atoms with Crippen LogP contribution < -0.4 is 5.32 Å². The van der Waals surface area contributed by atoms with Gasteiger partial charge >= 0.3 is 0 Å². The Hall–Kier alpha value is -4.19. The predicted octanol–water partition coefficient (Wildman–Crippen LogP) is 6.85. The van der Waals surface area contributed by atoms with Gasteiger partial charge in [-0.15, -0.1) is 0 Å². The number of aromatic nitrogens is 1. The minimum absolute atomic E-state index is 0.0458. The average Bonchev–Trinajstić information content (AvgIpc) is 3.32. The maximum atomic E-state index is 13.7. The highest BCUT2D eigenvalue weighted by Gasteiger charge is 2.41. The van der Waals surface area contributed by atoms with Crippen LogP contribution >= 0.6 is 0 Å². The van der Waals surface area contributed by atoms with Crippen molar-refractivity contribution in [2.45, 2.75) is 32.7 Å². The van der Waals surface area contributed by atoms with Crippen molar-refractivity contribution < 1.29 is 9.72 Å². The van der Waals surface area contributed by atoms with Crippen molar-refractivity contribution in [1.29, 1.82) is 0 Å². The fourth-order valence-corrected chi connectivity index (χ4v) is 5.69. The van der Waals surface area contributed by atoms with Gasteiger partial charge in [-0.25, -0.2) is 0 Å². The van der Waals surface area contributed by atoms with E-state index >= 15 is 0 Å². The molecule has 0 saturated carbocycles. The Morgan fingerprint density at radius 3 is 2.66 bits per heavy atom. The smallest absolute Gasteiger partial charge is 0.271 e. The van der Waals surface area contributed by atoms with E-state index in [0.29, 0.717) is 12.1 Å². The molecule has 35 heavy (non-hydrogen) atoms. The molecule has 0 saturated heterocycles. The molecule has 0 unspecified atom stereocenters. The number of ketones is 1. The number of anilines is 1. The standard InChI is InChI=1S/C29H25N3O3/c1-29(2)16-22-27(25(33)17-29)26-21-10-4-3-7-18(21)12-13-23(26)30-28(22)24-11-6-14-31(24)19-8-5-9-20(15-19)32(34)35/h3-15,28,30H,16-17H2,1-2H3/t28-/m1/s1. The molecule has 2 heterocycles. The van der Waals surface area contributed by atoms with Crippen LogP contribution in [0.2, 0.25) is 0 Å². The molecule has 6 nitrogen and oxygen atoms in total. The van der Waals surface area contributed by atoms with Crippen LogP contribution in [0.4, 0.5) is 11.4 Å². The van der Waals surface area contributed by atoms with Gasteiger partial charge in [0.15, 0.2) is 5.78 Å². The first-order chi connectivity index (χ1) is 16.8. The van der Waals surface area contributed by atoms with Crippen molar-refractivity contribution >= 4 is 33.5 Å². The number of fused-ring (bicyclic) bond motifs is 4. The largest absolute Gasteiger partial charge is 0.373 e. The molecular weight excluding hydrogens is 438 g/mol. The molecule has 0 amide bonds. The van der Waals surface area contributed by atoms with E-state index in [1.807, 2.05) is 41.1 Å². The molecule has 4 aromatic rings. The van der Waals surface area contributed by atoms with Crippen LogP contribution in [0.15, 0.2) is 84.6 Å². The Kier molecular flexibility index (Phi) is 4.68. The van der Waals surface area contributed by atoms with E-state index < -0.39 is 0 Å². The molecule has 1 aromatic heterocycles. The Labute approximate surface area is 203 Å². The molecule has 6 rings (SSSR count). The van der Waals surface area contributed by atoms with E-state index in [1.165, 1.54) is 6.07 Å². The second kappa shape index (κ2) is 7.67. The van der Waals surface area contributed by atoms with Crippen LogP contribution in [-0.4, -0.2) is 15.3 Å². The van der Waals surface area contributed by atoms with E-state index in [4.69, 9.17) is 0 Å². The van der Waals surface area contributed by atoms with Gasteiger partial charge in [-0.3, -0.25) is 14.9 Å². The first kappa shape index (κ1) is 21.4. The third kappa shape index (κ3) is 3.44. The SMILES string of the molecule is CC1(C)CC(=O)C2=C(C1)[C@H](c1cccn1-c1cccc([N+](=O)[O-])c1)Nc1ccc3ccccc3c12. The summed E-state index contributed by atoms with van der Waals surface area (Å²) in [5, 5.41) is 17.3. The number of nitrogens with zero attached hydrogens (tertiary/aromatic N) is 2. The molecule has 0 radical (unpaired) electrons. The highest BCUT2D eigenvalue weighted by atomic mass is 16.6. The van der Waals surface area contributed by atoms with Gasteiger partial charge in [-0.1, -0.05) is 50.2 Å². The third-order valence-corrected chi connectivity index (χ3v) is 7.13. The van der Waals surface area contributed by atoms with Crippen LogP contribution in [0.3, 0.4) is 0 Å². The average molecular weight is 464 g/mol. The summed E-state index contributed by atoms with van der Waals surface area (Å²) in [4.78, 5) is 24.7. The quantitative estimate of drug-likeness (QED) is 0.266. The number of nitrogens with one attached hydrogen (secondary N) is 1. The Balaban J connectivity index is 1.58. The normalized spacial score (nSPS) is 18.7. The second-order valence-electron chi connectivity index (χ2n) is 10.2. The lowest BCUT2D eigenvalue weighted by Crippen LogP contribution is -2.33. The van der Waals surface area contributed by atoms with E-state index in [2.05, 4.69) is 43.4 Å². The summed E-state index contributed by atoms with van der Waals surface area (Å²) in [6.45, 7) is 4.29. The van der Waals surface area contributed by atoms with E-state index in [1.54, 1.807) is 12.1 Å². The Morgan fingerprint density at radius 2 is 1.83 bits per heavy atom. The van der Waals surface area contributed by atoms with Gasteiger partial charge in [0.05, 0.1) is 16.7 Å². The van der Waals surface area contributed by atoms with Crippen molar-refractivity contribution in [2.24, 2.45) is 5.41 Å². The number of rotatable bonds is 3. The lowest BCUT2D eigenvalue weighted by atomic mass is 9.68. The van der Waals surface area contributed by atoms with Gasteiger partial charge in [-0.05, 0) is 52.4 Å². The number of nitro benzene ring substituents is 1. The molecule has 1 atom stereocenters. The van der Waals surface area contributed by atoms with Crippen molar-refractivity contribution in [2.75, 3.05) is 5.32 Å². The molecule has 3 aromatic carbocycles. The minimum atomic E-state index is -0.379. The van der Waals surface area contributed by atoms with Gasteiger partial charge in [0.2, 0.25) is 0 Å². The summed E-state index contributed by atoms with van der Waals surface area (Å²) in [5.41, 5.74) is 5.39. The van der Waals surface area contributed by atoms with Crippen LogP contribution in [-0.2, 0) is 4.79 Å². The van der Waals surface area contributed by atoms with Crippen molar-refractivity contribution in [3.8, 4) is 5.69 Å². The summed E-state index contributed by atoms with van der Waals surface area (Å²) in [5.74, 6) is 0.175. The number of Topliss-reactive ketones (excluding diaryl/α,β-unsaturated/α-hetero) is 1. The topological polar surface area (TPSA) is 77.2 Å². The fraction of sp³-hybridized carbons (Fsp3) is 0.207. The van der Waals surface area contributed by atoms with Crippen LogP contribution in [0.5, 0.6) is 0 Å². The number of non-ortho nitro benzene ring substituents is 1. The van der Waals surface area contributed by atoms with Gasteiger partial charge in [0, 0.05) is 47.3 Å². The summed E-state index contributed by atoms with van der Waals surface area (Å²) < 4.78 is 1.98. The third-order valence-electron chi connectivity index (χ3n) is 7.13. The van der Waals surface area contributed by atoms with Crippen LogP contribution in [0.25, 0.3) is 22.0 Å². The second-order valence-corrected chi connectivity index (χ2v) is 10.2. The van der Waals surface area contributed by atoms with Crippen molar-refractivity contribution in [3.05, 3.63) is 106 Å². The maximum Gasteiger partial charge on any atom is 0.271 e. The van der Waals surface area contributed by atoms with Crippen molar-refractivity contribution in [3.63, 3.8) is 0 Å². The highest BCUT2D eigenvalue weighted by molar-refractivity contribution is 6.28. The zero-order valence-electron chi connectivity index (χ0n) is 19.6. The molecule has 0 bridgehead atoms. The molecule has 1 N–H and O–H groups in total. The zero-order chi connectivity index (χ0) is 24.3. The number of nitro groups is 1. The number of hydrogen-bond acceptors (Lipinski definition) is 4. The number of hydrogen-bond donors (Lipinski definition) is 1. The molecule has 174 valence electrons. The lowest BCUT2D eigenvalue weighted by molar-refractivity contribution is -0.384. The van der Waals surface area contributed by atoms with Crippen molar-refractivity contribution in [1.82, 2.24) is 4.57 Å². The maximum absolute atomic E-state index is 13.7. The minimum Gasteiger partial charge on any atom is -0.373 e. The summed E-state index contributed by atoms with van der Waals surface area (Å²) >= 11 is 0. The molecule has 0 spiro atoms. The monoisotopic (exact) mass is 463 g/mol. The zero-order valence-corrected chi connectivity index (χ0v) is 19.6. The number of carbonyl (C=O) groups excluding carboxylic acids is 1. The molecule has 2 aliphatic rings. The summed E-state index contributed by atoms with van der Waals surface area (Å²) in [7, 11) is 0. The molecule has 6 heteroatoms. The van der Waals surface area contributed by atoms with E-state index in [9.17, 15) is 14.9 Å². The van der Waals surface area contributed by atoms with Gasteiger partial charge < -0.3 is 9.88 Å². The predicted molar refractivity (Wildman–Crippen MR) is 138 cm³/mol. The van der Waals surface area contributed by atoms with Gasteiger partial charge in [-0.2, -0.15) is 0 Å². The molecule has 0 fully saturated rings. The first-order valence-electron chi connectivity index (χ1n) is 11.8. The van der Waals surface area contributed by atoms with Gasteiger partial charge in [0.25, 0.3) is 5.69 Å². The molecular formula is C29H25N3O3. The fourth-order valence-electron chi connectivity index (χ4n) is 5.69. The molecule has 1 aliphatic carbocycles. The Morgan fingerprint density at radius 1 is 1.00 bits per heavy atom. The van der Waals surface area contributed by atoms with Crippen LogP contribution in [0, 0.1) is 15.5 Å². The van der Waals surface area contributed by atoms with E-state index in [0.717, 1.165) is 45.3 Å². The first-order valence-corrected chi connectivity index (χ1v) is 11.8. The van der Waals surface area contributed by atoms with Crippen LogP contribution in [0.1, 0.15) is 44.0 Å². The van der Waals surface area contributed by atoms with E-state index in [-0.39, 0.29) is 27.9 Å². The van der Waals surface area contributed by atoms with Gasteiger partial charge in [0.1, 0.15) is 0 Å². The number of allylic oxidation sites excluding steroid dienone is 1. The summed E-state index contributed by atoms with van der Waals surface area (Å²) in [6, 6.07) is 22.7. The molecule has 1 aliphatic heterocycles. The Bertz CT molecular complexity index is 1560. The lowest BCUT2D eigenvalue weighted by Gasteiger charge is -2.40. The highest BCUT2D eigenvalue weighted by Crippen LogP contribution is 2.52. The summed E-state index contributed by atoms with van der Waals surface area (Å²) in [6.07, 6.45) is 3.21. The number of carbonyl (C=O) groups is 1.